The van der Waals surface area contributed by atoms with E-state index >= 15 is 0 Å². The second-order valence-electron chi connectivity index (χ2n) is 5.75. The van der Waals surface area contributed by atoms with Gasteiger partial charge in [0, 0.05) is 32.2 Å². The van der Waals surface area contributed by atoms with Crippen molar-refractivity contribution in [2.45, 2.75) is 5.41 Å². The Labute approximate surface area is 133 Å². The number of nitrogens with two attached hydrogens (primary N) is 1. The van der Waals surface area contributed by atoms with Crippen molar-refractivity contribution in [1.29, 1.82) is 0 Å². The lowest BCUT2D eigenvalue weighted by Gasteiger charge is -2.37. The van der Waals surface area contributed by atoms with Gasteiger partial charge in [-0.25, -0.2) is 0 Å². The minimum atomic E-state index is -0.203. The van der Waals surface area contributed by atoms with Gasteiger partial charge in [0.25, 0.3) is 0 Å². The van der Waals surface area contributed by atoms with Gasteiger partial charge >= 0.3 is 0 Å². The topological polar surface area (TPSA) is 38.5 Å². The van der Waals surface area contributed by atoms with Crippen LogP contribution in [0.15, 0.2) is 60.7 Å². The number of hydrogen-bond donors (Lipinski definition) is 1. The molecule has 3 heteroatoms. The van der Waals surface area contributed by atoms with Crippen LogP contribution in [0.5, 0.6) is 0 Å². The van der Waals surface area contributed by atoms with Crippen LogP contribution >= 0.6 is 0 Å². The highest BCUT2D eigenvalue weighted by atomic mass is 16.5. The molecule has 2 aromatic carbocycles. The van der Waals surface area contributed by atoms with Crippen molar-refractivity contribution < 1.29 is 4.74 Å². The molecule has 0 aliphatic carbocycles. The molecule has 0 spiro atoms. The summed E-state index contributed by atoms with van der Waals surface area (Å²) in [5, 5.41) is 0. The van der Waals surface area contributed by atoms with Crippen LogP contribution in [0.25, 0.3) is 0 Å². The van der Waals surface area contributed by atoms with Gasteiger partial charge in [-0.2, -0.15) is 0 Å². The predicted octanol–water partition coefficient (Wildman–Crippen LogP) is 2.51. The van der Waals surface area contributed by atoms with E-state index in [-0.39, 0.29) is 5.41 Å². The van der Waals surface area contributed by atoms with Gasteiger partial charge in [-0.15, -0.1) is 0 Å². The molecule has 0 saturated heterocycles. The third kappa shape index (κ3) is 3.74. The zero-order chi connectivity index (χ0) is 15.8. The lowest BCUT2D eigenvalue weighted by atomic mass is 9.74. The summed E-state index contributed by atoms with van der Waals surface area (Å²) in [6.45, 7) is 3.04. The summed E-state index contributed by atoms with van der Waals surface area (Å²) in [4.78, 5) is 2.29. The Morgan fingerprint density at radius 3 is 1.86 bits per heavy atom. The number of nitrogens with zero attached hydrogens (tertiary/aromatic N) is 1. The predicted molar refractivity (Wildman–Crippen MR) is 92.1 cm³/mol. The van der Waals surface area contributed by atoms with Crippen molar-refractivity contribution in [3.8, 4) is 0 Å². The molecule has 0 fully saturated rings. The van der Waals surface area contributed by atoms with Gasteiger partial charge in [0.05, 0.1) is 6.61 Å². The molecule has 0 heterocycles. The molecule has 0 radical (unpaired) electrons. The van der Waals surface area contributed by atoms with Crippen molar-refractivity contribution in [2.75, 3.05) is 40.4 Å². The lowest BCUT2D eigenvalue weighted by molar-refractivity contribution is 0.151. The molecular weight excluding hydrogens is 272 g/mol. The maximum Gasteiger partial charge on any atom is 0.0589 e. The maximum absolute atomic E-state index is 6.29. The van der Waals surface area contributed by atoms with E-state index in [0.717, 1.165) is 19.7 Å². The van der Waals surface area contributed by atoms with Gasteiger partial charge in [-0.05, 0) is 18.2 Å². The number of hydrogen-bond acceptors (Lipinski definition) is 3. The van der Waals surface area contributed by atoms with E-state index in [4.69, 9.17) is 10.5 Å². The third-order valence-corrected chi connectivity index (χ3v) is 4.22. The first-order valence-corrected chi connectivity index (χ1v) is 7.71. The van der Waals surface area contributed by atoms with E-state index in [1.54, 1.807) is 7.11 Å². The first kappa shape index (κ1) is 16.7. The smallest absolute Gasteiger partial charge is 0.0589 e. The molecule has 0 bridgehead atoms. The highest BCUT2D eigenvalue weighted by Crippen LogP contribution is 2.32. The van der Waals surface area contributed by atoms with E-state index in [9.17, 15) is 0 Å². The van der Waals surface area contributed by atoms with E-state index in [1.165, 1.54) is 11.1 Å². The molecule has 118 valence electrons. The van der Waals surface area contributed by atoms with Gasteiger partial charge in [-0.3, -0.25) is 0 Å². The summed E-state index contributed by atoms with van der Waals surface area (Å²) in [6.07, 6.45) is 0. The number of rotatable bonds is 8. The Morgan fingerprint density at radius 2 is 1.45 bits per heavy atom. The minimum absolute atomic E-state index is 0.203. The average molecular weight is 298 g/mol. The zero-order valence-electron chi connectivity index (χ0n) is 13.5. The Kier molecular flexibility index (Phi) is 6.13. The maximum atomic E-state index is 6.29. The van der Waals surface area contributed by atoms with Crippen LogP contribution in [-0.2, 0) is 10.2 Å². The van der Waals surface area contributed by atoms with E-state index < -0.39 is 0 Å². The highest BCUT2D eigenvalue weighted by Gasteiger charge is 2.33. The van der Waals surface area contributed by atoms with Gasteiger partial charge in [-0.1, -0.05) is 60.7 Å². The Morgan fingerprint density at radius 1 is 0.955 bits per heavy atom. The summed E-state index contributed by atoms with van der Waals surface area (Å²) in [5.41, 5.74) is 8.60. The molecule has 0 aliphatic heterocycles. The van der Waals surface area contributed by atoms with Crippen LogP contribution in [0.2, 0.25) is 0 Å². The molecule has 22 heavy (non-hydrogen) atoms. The van der Waals surface area contributed by atoms with Gasteiger partial charge in [0.2, 0.25) is 0 Å². The fourth-order valence-corrected chi connectivity index (χ4v) is 2.95. The number of benzene rings is 2. The first-order valence-electron chi connectivity index (χ1n) is 7.71. The van der Waals surface area contributed by atoms with Crippen molar-refractivity contribution in [1.82, 2.24) is 4.90 Å². The largest absolute Gasteiger partial charge is 0.383 e. The first-order chi connectivity index (χ1) is 10.7. The molecule has 0 aliphatic rings. The number of methoxy groups -OCH3 is 1. The molecule has 0 aromatic heterocycles. The second kappa shape index (κ2) is 8.08. The third-order valence-electron chi connectivity index (χ3n) is 4.22. The molecule has 2 N–H and O–H groups in total. The summed E-state index contributed by atoms with van der Waals surface area (Å²) in [6, 6.07) is 21.1. The molecule has 3 nitrogen and oxygen atoms in total. The Hall–Kier alpha value is -1.68. The van der Waals surface area contributed by atoms with Crippen molar-refractivity contribution >= 4 is 0 Å². The summed E-state index contributed by atoms with van der Waals surface area (Å²) in [5.74, 6) is 0. The molecule has 2 aromatic rings. The van der Waals surface area contributed by atoms with E-state index in [0.29, 0.717) is 6.54 Å². The number of likely N-dealkylation sites (N-methyl/N-ethyl adjacent to an activating group) is 1. The molecule has 2 rings (SSSR count). The van der Waals surface area contributed by atoms with Gasteiger partial charge in [0.15, 0.2) is 0 Å². The normalized spacial score (nSPS) is 11.8. The summed E-state index contributed by atoms with van der Waals surface area (Å²) < 4.78 is 5.20. The van der Waals surface area contributed by atoms with E-state index in [2.05, 4.69) is 60.5 Å². The quantitative estimate of drug-likeness (QED) is 0.814. The Bertz CT molecular complexity index is 502. The minimum Gasteiger partial charge on any atom is -0.383 e. The van der Waals surface area contributed by atoms with Crippen LogP contribution < -0.4 is 5.73 Å². The lowest BCUT2D eigenvalue weighted by Crippen LogP contribution is -2.46. The van der Waals surface area contributed by atoms with E-state index in [1.807, 2.05) is 12.1 Å². The molecule has 0 unspecified atom stereocenters. The van der Waals surface area contributed by atoms with Crippen molar-refractivity contribution in [3.63, 3.8) is 0 Å². The van der Waals surface area contributed by atoms with Crippen molar-refractivity contribution in [2.24, 2.45) is 5.73 Å². The molecule has 0 saturated carbocycles. The SMILES string of the molecule is COCCN(C)CC(CN)(c1ccccc1)c1ccccc1. The highest BCUT2D eigenvalue weighted by molar-refractivity contribution is 5.40. The van der Waals surface area contributed by atoms with Crippen LogP contribution in [0, 0.1) is 0 Å². The number of ether oxygens (including phenoxy) is 1. The van der Waals surface area contributed by atoms with Crippen LogP contribution in [0.4, 0.5) is 0 Å². The van der Waals surface area contributed by atoms with Crippen LogP contribution in [0.3, 0.4) is 0 Å². The van der Waals surface area contributed by atoms with Gasteiger partial charge in [0.1, 0.15) is 0 Å². The fourth-order valence-electron chi connectivity index (χ4n) is 2.95. The summed E-state index contributed by atoms with van der Waals surface area (Å²) in [7, 11) is 3.85. The standard InChI is InChI=1S/C19H26N2O/c1-21(13-14-22-2)16-19(15-20,17-9-5-3-6-10-17)18-11-7-4-8-12-18/h3-12H,13-16,20H2,1-2H3. The Balaban J connectivity index is 2.39. The van der Waals surface area contributed by atoms with Crippen molar-refractivity contribution in [3.05, 3.63) is 71.8 Å². The molecular formula is C19H26N2O. The van der Waals surface area contributed by atoms with Crippen LogP contribution in [-0.4, -0.2) is 45.3 Å². The van der Waals surface area contributed by atoms with Crippen LogP contribution in [0.1, 0.15) is 11.1 Å². The average Bonchev–Trinajstić information content (AvgIpc) is 2.59. The monoisotopic (exact) mass is 298 g/mol. The zero-order valence-corrected chi connectivity index (χ0v) is 13.5. The summed E-state index contributed by atoms with van der Waals surface area (Å²) >= 11 is 0. The molecule has 0 atom stereocenters. The molecule has 0 amide bonds. The second-order valence-corrected chi connectivity index (χ2v) is 5.75. The fraction of sp³-hybridized carbons (Fsp3) is 0.368. The van der Waals surface area contributed by atoms with Gasteiger partial charge < -0.3 is 15.4 Å².